The van der Waals surface area contributed by atoms with E-state index in [-0.39, 0.29) is 47.2 Å². The predicted octanol–water partition coefficient (Wildman–Crippen LogP) is 4.44. The van der Waals surface area contributed by atoms with Crippen LogP contribution in [-0.2, 0) is 26.0 Å². The molecule has 0 bridgehead atoms. The van der Waals surface area contributed by atoms with Gasteiger partial charge in [0.05, 0.1) is 23.9 Å². The summed E-state index contributed by atoms with van der Waals surface area (Å²) < 4.78 is 90.8. The number of halogens is 4. The quantitative estimate of drug-likeness (QED) is 0.233. The van der Waals surface area contributed by atoms with E-state index in [1.165, 1.54) is 37.4 Å². The molecular formula is C33H38F4N4O4S. The van der Waals surface area contributed by atoms with Crippen molar-refractivity contribution in [2.75, 3.05) is 32.1 Å². The van der Waals surface area contributed by atoms with Gasteiger partial charge in [-0.3, -0.25) is 4.79 Å². The summed E-state index contributed by atoms with van der Waals surface area (Å²) in [5, 5.41) is 5.59. The number of anilines is 1. The third-order valence-corrected chi connectivity index (χ3v) is 11.1. The molecule has 0 radical (unpaired) electrons. The highest BCUT2D eigenvalue weighted by Gasteiger charge is 2.46. The third kappa shape index (κ3) is 7.77. The molecule has 1 saturated heterocycles. The van der Waals surface area contributed by atoms with Crippen LogP contribution < -0.4 is 16.4 Å². The van der Waals surface area contributed by atoms with Crippen molar-refractivity contribution in [3.05, 3.63) is 101 Å². The van der Waals surface area contributed by atoms with E-state index in [2.05, 4.69) is 10.6 Å². The molecule has 4 atom stereocenters. The van der Waals surface area contributed by atoms with Crippen molar-refractivity contribution in [2.24, 2.45) is 5.73 Å². The predicted molar refractivity (Wildman–Crippen MR) is 167 cm³/mol. The highest BCUT2D eigenvalue weighted by Crippen LogP contribution is 2.35. The average molecular weight is 663 g/mol. The molecule has 46 heavy (non-hydrogen) atoms. The van der Waals surface area contributed by atoms with Crippen LogP contribution in [0.15, 0.2) is 60.7 Å². The van der Waals surface area contributed by atoms with Crippen molar-refractivity contribution < 1.29 is 35.5 Å². The molecule has 4 N–H and O–H groups in total. The minimum absolute atomic E-state index is 0.0739. The first-order valence-corrected chi connectivity index (χ1v) is 16.8. The maximum atomic E-state index is 15.2. The minimum atomic E-state index is -3.51. The molecular weight excluding hydrogens is 624 g/mol. The molecule has 1 heterocycles. The van der Waals surface area contributed by atoms with E-state index in [1.807, 2.05) is 0 Å². The molecule has 2 fully saturated rings. The van der Waals surface area contributed by atoms with Gasteiger partial charge in [0.25, 0.3) is 0 Å². The molecule has 1 aliphatic carbocycles. The van der Waals surface area contributed by atoms with Gasteiger partial charge in [-0.1, -0.05) is 18.2 Å². The number of sulfonamides is 1. The number of carbonyl (C=O) groups excluding carboxylic acids is 1. The lowest BCUT2D eigenvalue weighted by atomic mass is 9.84. The summed E-state index contributed by atoms with van der Waals surface area (Å²) in [7, 11) is -1.98. The number of piperazine rings is 1. The van der Waals surface area contributed by atoms with Crippen LogP contribution in [0.25, 0.3) is 0 Å². The fourth-order valence-corrected chi connectivity index (χ4v) is 8.47. The van der Waals surface area contributed by atoms with Gasteiger partial charge in [0.2, 0.25) is 15.9 Å². The van der Waals surface area contributed by atoms with Crippen LogP contribution in [-0.4, -0.2) is 68.8 Å². The highest BCUT2D eigenvalue weighted by molar-refractivity contribution is 7.90. The van der Waals surface area contributed by atoms with Crippen LogP contribution in [0.5, 0.6) is 0 Å². The van der Waals surface area contributed by atoms with Gasteiger partial charge in [-0.15, -0.1) is 0 Å². The number of nitrogens with zero attached hydrogens (tertiary/aromatic N) is 1. The van der Waals surface area contributed by atoms with Crippen LogP contribution in [0.1, 0.15) is 48.3 Å². The van der Waals surface area contributed by atoms with Crippen molar-refractivity contribution in [1.82, 2.24) is 9.62 Å². The van der Waals surface area contributed by atoms with Crippen LogP contribution in [0, 0.1) is 23.3 Å². The van der Waals surface area contributed by atoms with Gasteiger partial charge in [0.1, 0.15) is 23.3 Å². The number of amides is 1. The largest absolute Gasteiger partial charge is 0.383 e. The van der Waals surface area contributed by atoms with Crippen molar-refractivity contribution >= 4 is 21.6 Å². The Balaban J connectivity index is 1.33. The minimum Gasteiger partial charge on any atom is -0.383 e. The Hall–Kier alpha value is -3.36. The lowest BCUT2D eigenvalue weighted by Gasteiger charge is -2.41. The van der Waals surface area contributed by atoms with E-state index in [4.69, 9.17) is 10.5 Å². The van der Waals surface area contributed by atoms with Crippen LogP contribution in [0.3, 0.4) is 0 Å². The Morgan fingerprint density at radius 2 is 1.65 bits per heavy atom. The first-order chi connectivity index (χ1) is 22.0. The van der Waals surface area contributed by atoms with E-state index >= 15 is 4.39 Å². The third-order valence-electron chi connectivity index (χ3n) is 8.55. The van der Waals surface area contributed by atoms with Gasteiger partial charge < -0.3 is 21.1 Å². The molecule has 0 aromatic heterocycles. The second kappa shape index (κ2) is 14.6. The summed E-state index contributed by atoms with van der Waals surface area (Å²) >= 11 is 0. The fraction of sp³-hybridized carbons (Fsp3) is 0.424. The van der Waals surface area contributed by atoms with Gasteiger partial charge in [-0.2, -0.15) is 4.31 Å². The van der Waals surface area contributed by atoms with E-state index in [1.54, 1.807) is 4.31 Å². The normalized spacial score (nSPS) is 20.3. The summed E-state index contributed by atoms with van der Waals surface area (Å²) in [5.41, 5.74) is 7.21. The average Bonchev–Trinajstić information content (AvgIpc) is 3.86. The van der Waals surface area contributed by atoms with E-state index in [9.17, 15) is 26.4 Å². The molecule has 3 aromatic rings. The maximum Gasteiger partial charge on any atom is 0.242 e. The number of nitrogens with two attached hydrogens (primary N) is 1. The van der Waals surface area contributed by atoms with E-state index in [0.29, 0.717) is 50.4 Å². The van der Waals surface area contributed by atoms with Crippen molar-refractivity contribution in [3.63, 3.8) is 0 Å². The summed E-state index contributed by atoms with van der Waals surface area (Å²) in [4.78, 5) is 13.5. The Morgan fingerprint density at radius 1 is 0.978 bits per heavy atom. The molecule has 0 spiro atoms. The Bertz CT molecular complexity index is 1620. The van der Waals surface area contributed by atoms with Gasteiger partial charge >= 0.3 is 0 Å². The molecule has 8 nitrogen and oxygen atoms in total. The van der Waals surface area contributed by atoms with Crippen molar-refractivity contribution in [3.8, 4) is 0 Å². The molecule has 1 aliphatic heterocycles. The molecule has 5 rings (SSSR count). The van der Waals surface area contributed by atoms with Crippen LogP contribution in [0.2, 0.25) is 0 Å². The summed E-state index contributed by atoms with van der Waals surface area (Å²) in [6.07, 6.45) is 2.32. The monoisotopic (exact) mass is 662 g/mol. The topological polar surface area (TPSA) is 114 Å². The van der Waals surface area contributed by atoms with Crippen molar-refractivity contribution in [1.29, 1.82) is 0 Å². The van der Waals surface area contributed by atoms with Gasteiger partial charge in [0, 0.05) is 49.5 Å². The van der Waals surface area contributed by atoms with Crippen LogP contribution in [0.4, 0.5) is 23.2 Å². The Labute approximate surface area is 266 Å². The molecule has 1 unspecified atom stereocenters. The van der Waals surface area contributed by atoms with Gasteiger partial charge in [-0.25, -0.2) is 26.0 Å². The number of hydrogen-bond acceptors (Lipinski definition) is 6. The first-order valence-electron chi connectivity index (χ1n) is 15.3. The number of nitrogens with one attached hydrogen (secondary N) is 2. The number of benzene rings is 3. The zero-order chi connectivity index (χ0) is 33.0. The molecule has 1 amide bonds. The molecule has 248 valence electrons. The standard InChI is InChI=1S/C33H38F4N4O4S/c1-45-19-26-18-39-17-25(41(26)46(43,44)27-12-13-27)4-2-5-28-29(37)6-3-7-30(28)40-33(42)32(38)31(20-8-10-22(34)11-9-20)21-14-23(35)16-24(36)15-21/h3,6-11,14-16,25-27,31-32,39H,2,4-5,12-13,17-19,38H2,1H3,(H,40,42)/t25-,26?,31-,32-/m0/s1. The number of hydrogen-bond donors (Lipinski definition) is 3. The second-order valence-electron chi connectivity index (χ2n) is 11.9. The Morgan fingerprint density at radius 3 is 2.30 bits per heavy atom. The second-order valence-corrected chi connectivity index (χ2v) is 14.0. The zero-order valence-corrected chi connectivity index (χ0v) is 26.2. The highest BCUT2D eigenvalue weighted by atomic mass is 32.2. The lowest BCUT2D eigenvalue weighted by molar-refractivity contribution is -0.117. The lowest BCUT2D eigenvalue weighted by Crippen LogP contribution is -2.61. The van der Waals surface area contributed by atoms with E-state index in [0.717, 1.165) is 24.3 Å². The summed E-state index contributed by atoms with van der Waals surface area (Å²) in [5.74, 6) is -4.64. The zero-order valence-electron chi connectivity index (χ0n) is 25.4. The van der Waals surface area contributed by atoms with Crippen molar-refractivity contribution in [2.45, 2.75) is 61.4 Å². The number of ether oxygens (including phenoxy) is 1. The summed E-state index contributed by atoms with van der Waals surface area (Å²) in [6, 6.07) is 10.0. The fourth-order valence-electron chi connectivity index (χ4n) is 6.25. The molecule has 2 aliphatic rings. The molecule has 3 aromatic carbocycles. The smallest absolute Gasteiger partial charge is 0.242 e. The molecule has 13 heteroatoms. The van der Waals surface area contributed by atoms with Gasteiger partial charge in [0.15, 0.2) is 0 Å². The SMILES string of the molecule is COCC1CNC[C@H](CCCc2c(F)cccc2NC(=O)[C@@H](N)[C@@H](c2ccc(F)cc2)c2cc(F)cc(F)c2)N1S(=O)(=O)C1CC1. The number of rotatable bonds is 13. The molecule has 1 saturated carbocycles. The van der Waals surface area contributed by atoms with Crippen LogP contribution >= 0.6 is 0 Å². The first kappa shape index (κ1) is 34.0. The number of carbonyl (C=O) groups is 1. The Kier molecular flexibility index (Phi) is 10.8. The maximum absolute atomic E-state index is 15.2. The van der Waals surface area contributed by atoms with E-state index < -0.39 is 51.2 Å². The summed E-state index contributed by atoms with van der Waals surface area (Å²) in [6.45, 7) is 1.18. The van der Waals surface area contributed by atoms with Gasteiger partial charge in [-0.05, 0) is 79.6 Å². The number of methoxy groups -OCH3 is 1.